The van der Waals surface area contributed by atoms with Crippen LogP contribution in [0, 0.1) is 0 Å². The molecule has 3 aromatic rings. The van der Waals surface area contributed by atoms with Crippen molar-refractivity contribution in [1.82, 2.24) is 4.59 Å². The maximum atomic E-state index is 6.21. The summed E-state index contributed by atoms with van der Waals surface area (Å²) < 4.78 is 16.9. The molecule has 1 atom stereocenters. The quantitative estimate of drug-likeness (QED) is 0.538. The second-order valence-electron chi connectivity index (χ2n) is 7.26. The molecule has 0 spiro atoms. The normalized spacial score (nSPS) is 18.2. The smallest absolute Gasteiger partial charge is 0.287 e. The van der Waals surface area contributed by atoms with Gasteiger partial charge < -0.3 is 19.5 Å². The zero-order chi connectivity index (χ0) is 22.7. The van der Waals surface area contributed by atoms with Crippen molar-refractivity contribution in [3.05, 3.63) is 85.2 Å². The monoisotopic (exact) mass is 440 g/mol. The summed E-state index contributed by atoms with van der Waals surface area (Å²) in [6.07, 6.45) is 5.27. The lowest BCUT2D eigenvalue weighted by molar-refractivity contribution is 0.395. The van der Waals surface area contributed by atoms with E-state index in [1.54, 1.807) is 32.7 Å². The van der Waals surface area contributed by atoms with Crippen LogP contribution in [0.2, 0.25) is 0 Å². The molecular weight excluding hydrogens is 418 g/mol. The summed E-state index contributed by atoms with van der Waals surface area (Å²) in [5, 5.41) is 8.18. The molecule has 3 aromatic carbocycles. The molecule has 0 aliphatic carbocycles. The number of rotatable bonds is 6. The zero-order valence-electron chi connectivity index (χ0n) is 18.2. The van der Waals surface area contributed by atoms with E-state index in [-0.39, 0.29) is 4.59 Å². The van der Waals surface area contributed by atoms with Gasteiger partial charge in [-0.25, -0.2) is 0 Å². The molecule has 0 bridgehead atoms. The van der Waals surface area contributed by atoms with Crippen molar-refractivity contribution in [2.75, 3.05) is 19.5 Å². The number of nitrogens with one attached hydrogen (secondary N) is 1. The van der Waals surface area contributed by atoms with Crippen LogP contribution in [0.5, 0.6) is 23.0 Å². The van der Waals surface area contributed by atoms with Gasteiger partial charge in [-0.3, -0.25) is 4.99 Å². The van der Waals surface area contributed by atoms with Crippen molar-refractivity contribution in [3.63, 3.8) is 0 Å². The fraction of sp³-hybridized carbons (Fsp3) is 0.0800. The number of aliphatic imine (C=N–C) groups is 2. The molecule has 2 heterocycles. The average molecular weight is 440 g/mol. The van der Waals surface area contributed by atoms with Gasteiger partial charge in [0.25, 0.3) is 11.8 Å². The van der Waals surface area contributed by atoms with Gasteiger partial charge in [-0.15, -0.1) is 0 Å². The third-order valence-corrected chi connectivity index (χ3v) is 5.19. The minimum atomic E-state index is -0.00402. The molecule has 5 rings (SSSR count). The number of nitrogens with zero attached hydrogens (tertiary/aromatic N) is 4. The Bertz CT molecular complexity index is 1280. The summed E-state index contributed by atoms with van der Waals surface area (Å²) in [7, 11) is 3.22. The Labute approximate surface area is 191 Å². The van der Waals surface area contributed by atoms with Crippen LogP contribution >= 0.6 is 0 Å². The minimum Gasteiger partial charge on any atom is -0.497 e. The number of guanidine groups is 1. The van der Waals surface area contributed by atoms with E-state index in [1.807, 2.05) is 72.9 Å². The Morgan fingerprint density at radius 2 is 1.55 bits per heavy atom. The number of amidine groups is 1. The highest BCUT2D eigenvalue weighted by molar-refractivity contribution is 6.38. The van der Waals surface area contributed by atoms with Crippen LogP contribution in [0.1, 0.15) is 0 Å². The van der Waals surface area contributed by atoms with Crippen LogP contribution in [0.15, 0.2) is 100 Å². The Balaban J connectivity index is 1.54. The molecule has 0 amide bonds. The third kappa shape index (κ3) is 3.95. The van der Waals surface area contributed by atoms with Gasteiger partial charge in [0.2, 0.25) is 5.69 Å². The van der Waals surface area contributed by atoms with Crippen molar-refractivity contribution in [1.29, 1.82) is 0 Å². The van der Waals surface area contributed by atoms with Crippen LogP contribution in [0.4, 0.5) is 11.4 Å². The van der Waals surface area contributed by atoms with Gasteiger partial charge in [-0.1, -0.05) is 34.9 Å². The second kappa shape index (κ2) is 8.60. The third-order valence-electron chi connectivity index (χ3n) is 5.19. The van der Waals surface area contributed by atoms with Crippen LogP contribution in [-0.4, -0.2) is 32.2 Å². The van der Waals surface area contributed by atoms with E-state index in [2.05, 4.69) is 10.3 Å². The van der Waals surface area contributed by atoms with E-state index < -0.39 is 0 Å². The van der Waals surface area contributed by atoms with Gasteiger partial charge in [0.05, 0.1) is 20.4 Å². The first-order valence-corrected chi connectivity index (χ1v) is 10.3. The first-order valence-electron chi connectivity index (χ1n) is 10.3. The number of fused-ring (bicyclic) bond motifs is 1. The predicted molar refractivity (Wildman–Crippen MR) is 130 cm³/mol. The lowest BCUT2D eigenvalue weighted by Crippen LogP contribution is -2.44. The van der Waals surface area contributed by atoms with Gasteiger partial charge in [-0.05, 0) is 23.3 Å². The molecule has 0 saturated heterocycles. The maximum Gasteiger partial charge on any atom is 0.287 e. The lowest BCUT2D eigenvalue weighted by atomic mass is 10.2. The highest BCUT2D eigenvalue weighted by atomic mass is 16.5. The number of ether oxygens (including phenoxy) is 3. The van der Waals surface area contributed by atoms with Gasteiger partial charge >= 0.3 is 0 Å². The molecular formula is C25H22N5O3+. The maximum absolute atomic E-state index is 6.21. The van der Waals surface area contributed by atoms with Gasteiger partial charge in [0.15, 0.2) is 11.9 Å². The summed E-state index contributed by atoms with van der Waals surface area (Å²) in [6, 6.07) is 22.9. The fourth-order valence-corrected chi connectivity index (χ4v) is 3.64. The Kier molecular flexibility index (Phi) is 5.34. The standard InChI is InChI=1S/C25H22N5O3/c1-31-20-14-18(15-21(16-20)32-2)27-25-28-24-17-26-12-13-30(24,29-25)22-10-6-7-11-23(22)33-19-8-4-3-5-9-19/h3-17H,1-2H3,(H,27,29)/q+1. The Morgan fingerprint density at radius 3 is 2.30 bits per heavy atom. The molecule has 0 aromatic heterocycles. The molecule has 2 aliphatic rings. The molecule has 1 N–H and O–H groups in total. The molecule has 164 valence electrons. The molecule has 2 aliphatic heterocycles. The minimum absolute atomic E-state index is 0.00402. The van der Waals surface area contributed by atoms with Crippen LogP contribution in [0.3, 0.4) is 0 Å². The first-order chi connectivity index (χ1) is 16.2. The van der Waals surface area contributed by atoms with E-state index in [1.165, 1.54) is 0 Å². The summed E-state index contributed by atoms with van der Waals surface area (Å²) in [6.45, 7) is 0. The number of benzene rings is 3. The molecule has 1 unspecified atom stereocenters. The number of methoxy groups -OCH3 is 2. The number of hydrogen-bond donors (Lipinski definition) is 1. The highest BCUT2D eigenvalue weighted by Gasteiger charge is 2.45. The van der Waals surface area contributed by atoms with E-state index >= 15 is 0 Å². The largest absolute Gasteiger partial charge is 0.497 e. The fourth-order valence-electron chi connectivity index (χ4n) is 3.64. The molecule has 8 heteroatoms. The second-order valence-corrected chi connectivity index (χ2v) is 7.26. The van der Waals surface area contributed by atoms with E-state index in [0.29, 0.717) is 29.0 Å². The molecule has 0 fully saturated rings. The predicted octanol–water partition coefficient (Wildman–Crippen LogP) is 5.15. The van der Waals surface area contributed by atoms with E-state index in [4.69, 9.17) is 24.3 Å². The van der Waals surface area contributed by atoms with E-state index in [9.17, 15) is 0 Å². The summed E-state index contributed by atoms with van der Waals surface area (Å²) in [4.78, 5) is 8.97. The number of para-hydroxylation sites is 3. The van der Waals surface area contributed by atoms with Crippen LogP contribution < -0.4 is 24.1 Å². The Morgan fingerprint density at radius 1 is 0.818 bits per heavy atom. The zero-order valence-corrected chi connectivity index (χ0v) is 18.2. The Hall–Kier alpha value is -4.43. The molecule has 0 saturated carbocycles. The topological polar surface area (TPSA) is 76.8 Å². The molecule has 0 radical (unpaired) electrons. The number of anilines is 1. The first kappa shape index (κ1) is 20.5. The summed E-state index contributed by atoms with van der Waals surface area (Å²) >= 11 is 0. The summed E-state index contributed by atoms with van der Waals surface area (Å²) in [5.74, 6) is 3.79. The molecule has 8 nitrogen and oxygen atoms in total. The van der Waals surface area contributed by atoms with Crippen LogP contribution in [-0.2, 0) is 0 Å². The SMILES string of the molecule is COc1cc(NC2=N[N+]3(c4ccccc4Oc4ccccc4)C=CN=CC3=N2)cc(OC)c1. The summed E-state index contributed by atoms with van der Waals surface area (Å²) in [5.41, 5.74) is 1.55. The van der Waals surface area contributed by atoms with Gasteiger partial charge in [-0.2, -0.15) is 4.99 Å². The van der Waals surface area contributed by atoms with Gasteiger partial charge in [0, 0.05) is 30.0 Å². The molecule has 33 heavy (non-hydrogen) atoms. The van der Waals surface area contributed by atoms with Gasteiger partial charge in [0.1, 0.15) is 23.5 Å². The van der Waals surface area contributed by atoms with Crippen molar-refractivity contribution in [2.45, 2.75) is 0 Å². The van der Waals surface area contributed by atoms with Crippen molar-refractivity contribution >= 4 is 29.4 Å². The van der Waals surface area contributed by atoms with Crippen molar-refractivity contribution in [3.8, 4) is 23.0 Å². The van der Waals surface area contributed by atoms with Crippen LogP contribution in [0.25, 0.3) is 0 Å². The van der Waals surface area contributed by atoms with E-state index in [0.717, 1.165) is 17.1 Å². The highest BCUT2D eigenvalue weighted by Crippen LogP contribution is 2.40. The van der Waals surface area contributed by atoms with Crippen molar-refractivity contribution < 1.29 is 14.2 Å². The average Bonchev–Trinajstić information content (AvgIpc) is 3.23. The number of hydrogen-bond acceptors (Lipinski definition) is 7. The lowest BCUT2D eigenvalue weighted by Gasteiger charge is -2.25. The van der Waals surface area contributed by atoms with Crippen molar-refractivity contribution in [2.24, 2.45) is 15.1 Å². The number of quaternary nitrogens is 1.